The van der Waals surface area contributed by atoms with E-state index in [1.807, 2.05) is 60.7 Å². The molecule has 0 spiro atoms. The first-order valence-electron chi connectivity index (χ1n) is 21.5. The smallest absolute Gasteiger partial charge is 0.266 e. The van der Waals surface area contributed by atoms with Gasteiger partial charge in [0.1, 0.15) is 0 Å². The van der Waals surface area contributed by atoms with Gasteiger partial charge in [0.05, 0.1) is 27.6 Å². The number of anilines is 1. The average Bonchev–Trinajstić information content (AvgIpc) is 3.81. The summed E-state index contributed by atoms with van der Waals surface area (Å²) in [6, 6.07) is 47.8. The van der Waals surface area contributed by atoms with Crippen LogP contribution in [0.25, 0.3) is 49.9 Å². The number of amides is 2. The summed E-state index contributed by atoms with van der Waals surface area (Å²) in [6.45, 7) is 1.77. The van der Waals surface area contributed by atoms with Crippen LogP contribution in [-0.4, -0.2) is 16.9 Å². The summed E-state index contributed by atoms with van der Waals surface area (Å²) < 4.78 is 27.3. The van der Waals surface area contributed by atoms with E-state index in [1.165, 1.54) is 0 Å². The van der Waals surface area contributed by atoms with Crippen LogP contribution in [0.3, 0.4) is 0 Å². The number of carbonyl (C=O) groups excluding carboxylic acids is 2. The standard InChI is InChI=1S/C58H32N2O8/c1-4-34-14-20-38(21-15-34)59(32-61)55(62)42-29-52-49(26-33(42)3)65-47-24-18-36(27-50(47)67-52)58(45-12-8-6-10-40(45)41-11-7-9-13-46(41)58)37-19-25-48-51(28-37)68-54-31-44-43(30-53(54)66-48)56(63)60(57(44)64)39-22-16-35(5-2)17-23-39/h1-2,6-32H,3H3. The number of hydrogen-bond donors (Lipinski definition) is 0. The van der Waals surface area contributed by atoms with Crippen molar-refractivity contribution >= 4 is 51.1 Å². The van der Waals surface area contributed by atoms with E-state index >= 15 is 0 Å². The van der Waals surface area contributed by atoms with Crippen molar-refractivity contribution in [1.29, 1.82) is 0 Å². The van der Waals surface area contributed by atoms with Gasteiger partial charge in [-0.05, 0) is 143 Å². The van der Waals surface area contributed by atoms with E-state index in [2.05, 4.69) is 36.1 Å². The lowest BCUT2D eigenvalue weighted by molar-refractivity contribution is -0.106. The topological polar surface area (TPSA) is 121 Å². The van der Waals surface area contributed by atoms with E-state index in [1.54, 1.807) is 79.7 Å². The molecule has 0 fully saturated rings. The molecule has 0 saturated carbocycles. The Bertz CT molecular complexity index is 4000. The normalized spacial score (nSPS) is 12.8. The fraction of sp³-hybridized carbons (Fsp3) is 0.0345. The molecule has 10 nitrogen and oxygen atoms in total. The highest BCUT2D eigenvalue weighted by Crippen LogP contribution is 2.58. The first-order chi connectivity index (χ1) is 33.2. The summed E-state index contributed by atoms with van der Waals surface area (Å²) in [7, 11) is 0. The first-order valence-corrected chi connectivity index (χ1v) is 21.5. The van der Waals surface area contributed by atoms with Crippen molar-refractivity contribution in [2.24, 2.45) is 0 Å². The predicted octanol–water partition coefficient (Wildman–Crippen LogP) is 11.2. The first kappa shape index (κ1) is 39.9. The Morgan fingerprint density at radius 3 is 1.75 bits per heavy atom. The largest absolute Gasteiger partial charge is 0.450 e. The van der Waals surface area contributed by atoms with Gasteiger partial charge < -0.3 is 18.3 Å². The Morgan fingerprint density at radius 1 is 0.588 bits per heavy atom. The van der Waals surface area contributed by atoms with E-state index in [0.717, 1.165) is 42.8 Å². The van der Waals surface area contributed by atoms with Gasteiger partial charge in [-0.2, -0.15) is 0 Å². The lowest BCUT2D eigenvalue weighted by Crippen LogP contribution is -2.30. The molecule has 1 aliphatic heterocycles. The highest BCUT2D eigenvalue weighted by atomic mass is 16.6. The van der Waals surface area contributed by atoms with Gasteiger partial charge in [0.2, 0.25) is 6.41 Å². The van der Waals surface area contributed by atoms with Crippen molar-refractivity contribution in [3.8, 4) is 64.5 Å². The number of nitrogens with zero attached hydrogens (tertiary/aromatic N) is 2. The highest BCUT2D eigenvalue weighted by molar-refractivity contribution is 6.16. The van der Waals surface area contributed by atoms with Gasteiger partial charge in [0.25, 0.3) is 17.0 Å². The summed E-state index contributed by atoms with van der Waals surface area (Å²) in [5, 5.41) is 0.389. The second-order valence-corrected chi connectivity index (χ2v) is 16.6. The Morgan fingerprint density at radius 2 is 1.12 bits per heavy atom. The monoisotopic (exact) mass is 884 g/mol. The van der Waals surface area contributed by atoms with E-state index in [9.17, 15) is 19.2 Å². The molecule has 12 rings (SSSR count). The molecular weight excluding hydrogens is 853 g/mol. The van der Waals surface area contributed by atoms with Gasteiger partial charge in [-0.15, -0.1) is 12.8 Å². The van der Waals surface area contributed by atoms with Crippen LogP contribution in [0.5, 0.6) is 23.0 Å². The van der Waals surface area contributed by atoms with Crippen LogP contribution in [0.1, 0.15) is 49.3 Å². The number of benzene rings is 8. The molecule has 0 atom stereocenters. The van der Waals surface area contributed by atoms with E-state index in [4.69, 9.17) is 31.2 Å². The lowest BCUT2D eigenvalue weighted by Gasteiger charge is -2.34. The third-order valence-corrected chi connectivity index (χ3v) is 13.0. The third kappa shape index (κ3) is 5.81. The summed E-state index contributed by atoms with van der Waals surface area (Å²) in [5.41, 5.74) is 8.16. The molecule has 0 radical (unpaired) electrons. The molecule has 0 N–H and O–H groups in total. The molecule has 68 heavy (non-hydrogen) atoms. The SMILES string of the molecule is C#Cc1ccc(N(C=O)C(=O)c2cc3c(cc2C)Oc2ccc(C4(c5ccc6oc7cc8c(=O)n(-c9ccc(C#C)cc9)c(=O)c8cc7oc6c5)c5ccccc5-c5ccccc54)cc2O3)cc1. The second-order valence-electron chi connectivity index (χ2n) is 16.6. The maximum Gasteiger partial charge on any atom is 0.266 e. The molecule has 2 aromatic heterocycles. The van der Waals surface area contributed by atoms with Crippen molar-refractivity contribution in [1.82, 2.24) is 4.57 Å². The molecule has 3 heterocycles. The van der Waals surface area contributed by atoms with Gasteiger partial charge >= 0.3 is 0 Å². The fourth-order valence-electron chi connectivity index (χ4n) is 9.78. The minimum atomic E-state index is -0.936. The molecule has 0 unspecified atom stereocenters. The minimum Gasteiger partial charge on any atom is -0.450 e. The van der Waals surface area contributed by atoms with Crippen LogP contribution < -0.4 is 25.5 Å². The minimum absolute atomic E-state index is 0.189. The van der Waals surface area contributed by atoms with Crippen molar-refractivity contribution in [2.75, 3.05) is 4.90 Å². The Balaban J connectivity index is 0.988. The van der Waals surface area contributed by atoms with Crippen LogP contribution in [0.4, 0.5) is 5.69 Å². The van der Waals surface area contributed by atoms with Gasteiger partial charge in [0, 0.05) is 16.7 Å². The van der Waals surface area contributed by atoms with Gasteiger partial charge in [-0.3, -0.25) is 19.2 Å². The number of aryl methyl sites for hydroxylation is 1. The average molecular weight is 885 g/mol. The van der Waals surface area contributed by atoms with Crippen molar-refractivity contribution in [3.63, 3.8) is 0 Å². The fourth-order valence-corrected chi connectivity index (χ4v) is 9.78. The number of terminal acetylenes is 2. The second kappa shape index (κ2) is 15.0. The molecule has 0 bridgehead atoms. The molecule has 2 aliphatic rings. The number of ether oxygens (including phenoxy) is 2. The number of carbonyl (C=O) groups is 2. The highest BCUT2D eigenvalue weighted by Gasteiger charge is 2.47. The molecule has 10 heteroatoms. The maximum absolute atomic E-state index is 14.0. The Kier molecular flexibility index (Phi) is 8.78. The van der Waals surface area contributed by atoms with Crippen molar-refractivity contribution < 1.29 is 27.9 Å². The molecule has 322 valence electrons. The zero-order valence-electron chi connectivity index (χ0n) is 35.9. The van der Waals surface area contributed by atoms with Crippen molar-refractivity contribution in [2.45, 2.75) is 12.3 Å². The predicted molar refractivity (Wildman–Crippen MR) is 259 cm³/mol. The number of rotatable bonds is 6. The van der Waals surface area contributed by atoms with E-state index in [-0.39, 0.29) is 21.9 Å². The quantitative estimate of drug-likeness (QED) is 0.0919. The molecule has 8 aromatic carbocycles. The summed E-state index contributed by atoms with van der Waals surface area (Å²) in [4.78, 5) is 54.9. The van der Waals surface area contributed by atoms with Crippen LogP contribution >= 0.6 is 0 Å². The maximum atomic E-state index is 14.0. The number of aromatic nitrogens is 1. The number of fused-ring (bicyclic) bond motifs is 8. The van der Waals surface area contributed by atoms with Crippen LogP contribution in [0.2, 0.25) is 0 Å². The molecule has 10 aromatic rings. The third-order valence-electron chi connectivity index (χ3n) is 13.0. The molecular formula is C58H32N2O8. The van der Waals surface area contributed by atoms with Gasteiger partial charge in [-0.25, -0.2) is 9.47 Å². The molecule has 1 aliphatic carbocycles. The van der Waals surface area contributed by atoms with Crippen molar-refractivity contribution in [3.05, 3.63) is 223 Å². The zero-order valence-corrected chi connectivity index (χ0v) is 35.9. The van der Waals surface area contributed by atoms with E-state index < -0.39 is 22.4 Å². The zero-order chi connectivity index (χ0) is 46.4. The summed E-state index contributed by atoms with van der Waals surface area (Å²) in [5.74, 6) is 6.15. The van der Waals surface area contributed by atoms with Crippen LogP contribution in [0.15, 0.2) is 176 Å². The van der Waals surface area contributed by atoms with Crippen LogP contribution in [0, 0.1) is 31.6 Å². The van der Waals surface area contributed by atoms with Gasteiger partial charge in [-0.1, -0.05) is 72.5 Å². The van der Waals surface area contributed by atoms with E-state index in [0.29, 0.717) is 74.2 Å². The Hall–Kier alpha value is -9.64. The molecule has 0 saturated heterocycles. The summed E-state index contributed by atoms with van der Waals surface area (Å²) in [6.07, 6.45) is 11.5. The summed E-state index contributed by atoms with van der Waals surface area (Å²) >= 11 is 0. The number of imide groups is 1. The van der Waals surface area contributed by atoms with Crippen LogP contribution in [-0.2, 0) is 10.2 Å². The lowest BCUT2D eigenvalue weighted by atomic mass is 9.67. The molecule has 2 amide bonds. The van der Waals surface area contributed by atoms with Gasteiger partial charge in [0.15, 0.2) is 45.3 Å². The Labute approximate surface area is 386 Å². The number of hydrogen-bond acceptors (Lipinski definition) is 8.